The van der Waals surface area contributed by atoms with Crippen molar-refractivity contribution < 1.29 is 4.39 Å². The van der Waals surface area contributed by atoms with Crippen LogP contribution >= 0.6 is 12.2 Å². The number of benzene rings is 1. The van der Waals surface area contributed by atoms with Gasteiger partial charge in [-0.2, -0.15) is 0 Å². The van der Waals surface area contributed by atoms with Crippen LogP contribution in [0.2, 0.25) is 0 Å². The summed E-state index contributed by atoms with van der Waals surface area (Å²) in [6.45, 7) is 4.23. The van der Waals surface area contributed by atoms with E-state index in [2.05, 4.69) is 24.5 Å². The van der Waals surface area contributed by atoms with E-state index in [1.54, 1.807) is 12.1 Å². The van der Waals surface area contributed by atoms with E-state index >= 15 is 0 Å². The molecule has 0 amide bonds. The predicted molar refractivity (Wildman–Crippen MR) is 70.1 cm³/mol. The van der Waals surface area contributed by atoms with Gasteiger partial charge < -0.3 is 10.6 Å². The predicted octanol–water partition coefficient (Wildman–Crippen LogP) is 3.30. The average molecular weight is 240 g/mol. The quantitative estimate of drug-likeness (QED) is 0.790. The lowest BCUT2D eigenvalue weighted by molar-refractivity contribution is 0.573. The third kappa shape index (κ3) is 4.14. The molecule has 0 aromatic heterocycles. The molecule has 0 unspecified atom stereocenters. The second kappa shape index (κ2) is 6.43. The van der Waals surface area contributed by atoms with Crippen molar-refractivity contribution >= 4 is 23.0 Å². The van der Waals surface area contributed by atoms with E-state index in [9.17, 15) is 4.39 Å². The van der Waals surface area contributed by atoms with Crippen molar-refractivity contribution in [3.63, 3.8) is 0 Å². The summed E-state index contributed by atoms with van der Waals surface area (Å²) in [5.74, 6) is -0.246. The Morgan fingerprint density at radius 2 is 1.81 bits per heavy atom. The summed E-state index contributed by atoms with van der Waals surface area (Å²) < 4.78 is 12.7. The molecule has 1 aromatic carbocycles. The molecule has 0 aliphatic heterocycles. The number of hydrogen-bond donors (Lipinski definition) is 2. The van der Waals surface area contributed by atoms with Gasteiger partial charge in [-0.1, -0.05) is 13.8 Å². The van der Waals surface area contributed by atoms with Crippen molar-refractivity contribution in [2.45, 2.75) is 32.7 Å². The van der Waals surface area contributed by atoms with Crippen LogP contribution in [0.4, 0.5) is 10.1 Å². The van der Waals surface area contributed by atoms with Gasteiger partial charge in [-0.3, -0.25) is 0 Å². The van der Waals surface area contributed by atoms with Gasteiger partial charge in [0, 0.05) is 11.7 Å². The third-order valence-corrected chi connectivity index (χ3v) is 2.64. The molecule has 0 radical (unpaired) electrons. The zero-order valence-electron chi connectivity index (χ0n) is 9.59. The number of hydrogen-bond acceptors (Lipinski definition) is 1. The van der Waals surface area contributed by atoms with Gasteiger partial charge in [0.15, 0.2) is 5.11 Å². The standard InChI is InChI=1S/C12H17FN2S/c1-3-10(4-2)14-12(16)15-11-7-5-9(13)6-8-11/h5-8,10H,3-4H2,1-2H3,(H2,14,15,16). The molecule has 16 heavy (non-hydrogen) atoms. The molecule has 0 saturated heterocycles. The fourth-order valence-electron chi connectivity index (χ4n) is 1.38. The van der Waals surface area contributed by atoms with Gasteiger partial charge in [-0.05, 0) is 49.3 Å². The van der Waals surface area contributed by atoms with Gasteiger partial charge in [0.25, 0.3) is 0 Å². The van der Waals surface area contributed by atoms with E-state index in [0.717, 1.165) is 18.5 Å². The first-order valence-corrected chi connectivity index (χ1v) is 5.89. The first kappa shape index (κ1) is 12.9. The normalized spacial score (nSPS) is 10.2. The lowest BCUT2D eigenvalue weighted by atomic mass is 10.2. The molecule has 0 spiro atoms. The van der Waals surface area contributed by atoms with Crippen molar-refractivity contribution in [3.8, 4) is 0 Å². The van der Waals surface area contributed by atoms with Crippen LogP contribution in [0.25, 0.3) is 0 Å². The number of thiocarbonyl (C=S) groups is 1. The number of halogens is 1. The van der Waals surface area contributed by atoms with Crippen molar-refractivity contribution in [2.24, 2.45) is 0 Å². The maximum absolute atomic E-state index is 12.7. The number of nitrogens with one attached hydrogen (secondary N) is 2. The summed E-state index contributed by atoms with van der Waals surface area (Å²) >= 11 is 5.16. The van der Waals surface area contributed by atoms with Crippen LogP contribution in [0.3, 0.4) is 0 Å². The van der Waals surface area contributed by atoms with E-state index in [4.69, 9.17) is 12.2 Å². The first-order chi connectivity index (χ1) is 7.65. The first-order valence-electron chi connectivity index (χ1n) is 5.48. The molecule has 2 nitrogen and oxygen atoms in total. The summed E-state index contributed by atoms with van der Waals surface area (Å²) in [5.41, 5.74) is 0.796. The van der Waals surface area contributed by atoms with Gasteiger partial charge in [0.2, 0.25) is 0 Å². The highest BCUT2D eigenvalue weighted by Crippen LogP contribution is 2.08. The molecule has 2 N–H and O–H groups in total. The van der Waals surface area contributed by atoms with Gasteiger partial charge >= 0.3 is 0 Å². The second-order valence-corrected chi connectivity index (χ2v) is 4.03. The molecule has 88 valence electrons. The molecule has 1 rings (SSSR count). The summed E-state index contributed by atoms with van der Waals surface area (Å²) in [6, 6.07) is 6.52. The van der Waals surface area contributed by atoms with Crippen molar-refractivity contribution in [1.82, 2.24) is 5.32 Å². The molecule has 0 saturated carbocycles. The van der Waals surface area contributed by atoms with Crippen LogP contribution in [0.15, 0.2) is 24.3 Å². The van der Waals surface area contributed by atoms with Crippen LogP contribution < -0.4 is 10.6 Å². The lowest BCUT2D eigenvalue weighted by Gasteiger charge is -2.17. The topological polar surface area (TPSA) is 24.1 Å². The van der Waals surface area contributed by atoms with Gasteiger partial charge in [0.05, 0.1) is 0 Å². The Labute approximate surface area is 101 Å². The highest BCUT2D eigenvalue weighted by molar-refractivity contribution is 7.80. The summed E-state index contributed by atoms with van der Waals surface area (Å²) in [5, 5.41) is 6.81. The fourth-order valence-corrected chi connectivity index (χ4v) is 1.66. The lowest BCUT2D eigenvalue weighted by Crippen LogP contribution is -2.36. The van der Waals surface area contributed by atoms with E-state index in [-0.39, 0.29) is 5.82 Å². The highest BCUT2D eigenvalue weighted by Gasteiger charge is 2.04. The molecular weight excluding hydrogens is 223 g/mol. The third-order valence-electron chi connectivity index (χ3n) is 2.42. The van der Waals surface area contributed by atoms with Crippen LogP contribution in [0, 0.1) is 5.82 Å². The monoisotopic (exact) mass is 240 g/mol. The molecule has 4 heteroatoms. The Bertz CT molecular complexity index is 333. The Balaban J connectivity index is 2.48. The Kier molecular flexibility index (Phi) is 5.19. The maximum atomic E-state index is 12.7. The van der Waals surface area contributed by atoms with Crippen LogP contribution in [-0.2, 0) is 0 Å². The largest absolute Gasteiger partial charge is 0.360 e. The SMILES string of the molecule is CCC(CC)NC(=S)Nc1ccc(F)cc1. The van der Waals surface area contributed by atoms with Crippen LogP contribution in [0.5, 0.6) is 0 Å². The zero-order valence-corrected chi connectivity index (χ0v) is 10.4. The molecule has 0 atom stereocenters. The van der Waals surface area contributed by atoms with E-state index in [0.29, 0.717) is 11.2 Å². The number of rotatable bonds is 4. The molecule has 0 fully saturated rings. The average Bonchev–Trinajstić information content (AvgIpc) is 2.29. The van der Waals surface area contributed by atoms with E-state index in [1.807, 2.05) is 0 Å². The molecular formula is C12H17FN2S. The Hall–Kier alpha value is -1.16. The molecule has 0 aliphatic carbocycles. The summed E-state index contributed by atoms with van der Waals surface area (Å²) in [4.78, 5) is 0. The summed E-state index contributed by atoms with van der Waals surface area (Å²) in [6.07, 6.45) is 2.06. The molecule has 0 bridgehead atoms. The smallest absolute Gasteiger partial charge is 0.170 e. The van der Waals surface area contributed by atoms with Gasteiger partial charge in [-0.25, -0.2) is 4.39 Å². The minimum atomic E-state index is -0.246. The summed E-state index contributed by atoms with van der Waals surface area (Å²) in [7, 11) is 0. The zero-order chi connectivity index (χ0) is 12.0. The highest BCUT2D eigenvalue weighted by atomic mass is 32.1. The fraction of sp³-hybridized carbons (Fsp3) is 0.417. The second-order valence-electron chi connectivity index (χ2n) is 3.62. The van der Waals surface area contributed by atoms with Crippen molar-refractivity contribution in [3.05, 3.63) is 30.1 Å². The Morgan fingerprint density at radius 3 is 2.31 bits per heavy atom. The van der Waals surface area contributed by atoms with Crippen molar-refractivity contribution in [1.29, 1.82) is 0 Å². The van der Waals surface area contributed by atoms with Crippen LogP contribution in [-0.4, -0.2) is 11.2 Å². The van der Waals surface area contributed by atoms with Gasteiger partial charge in [-0.15, -0.1) is 0 Å². The minimum Gasteiger partial charge on any atom is -0.360 e. The Morgan fingerprint density at radius 1 is 1.25 bits per heavy atom. The van der Waals surface area contributed by atoms with E-state index in [1.165, 1.54) is 12.1 Å². The molecule has 1 aromatic rings. The maximum Gasteiger partial charge on any atom is 0.170 e. The number of anilines is 1. The molecule has 0 heterocycles. The van der Waals surface area contributed by atoms with Gasteiger partial charge in [0.1, 0.15) is 5.82 Å². The molecule has 0 aliphatic rings. The van der Waals surface area contributed by atoms with Crippen molar-refractivity contribution in [2.75, 3.05) is 5.32 Å². The minimum absolute atomic E-state index is 0.246. The van der Waals surface area contributed by atoms with Crippen LogP contribution in [0.1, 0.15) is 26.7 Å². The van der Waals surface area contributed by atoms with E-state index < -0.39 is 0 Å².